The fourth-order valence-corrected chi connectivity index (χ4v) is 6.95. The van der Waals surface area contributed by atoms with Crippen molar-refractivity contribution in [3.63, 3.8) is 0 Å². The van der Waals surface area contributed by atoms with Crippen LogP contribution in [0.5, 0.6) is 0 Å². The normalized spacial score (nSPS) is 15.4. The summed E-state index contributed by atoms with van der Waals surface area (Å²) in [6.07, 6.45) is 6.12. The van der Waals surface area contributed by atoms with E-state index in [1.165, 1.54) is 9.13 Å². The van der Waals surface area contributed by atoms with Crippen molar-refractivity contribution in [2.24, 2.45) is 0 Å². The second-order valence-electron chi connectivity index (χ2n) is 16.4. The number of aliphatic hydroxyl groups excluding tert-OH is 1. The fraction of sp³-hybridized carbons (Fsp3) is 0.694. The van der Waals surface area contributed by atoms with Crippen LogP contribution in [0.2, 0.25) is 51.4 Å². The third-order valence-electron chi connectivity index (χ3n) is 9.09. The van der Waals surface area contributed by atoms with Crippen molar-refractivity contribution < 1.29 is 29.0 Å². The molecule has 2 saturated heterocycles. The molecular weight excluding hydrogens is 729 g/mol. The maximum absolute atomic E-state index is 12.9. The maximum atomic E-state index is 12.9. The Morgan fingerprint density at radius 1 is 0.704 bits per heavy atom. The first-order valence-electron chi connectivity index (χ1n) is 18.8. The molecule has 2 aliphatic rings. The predicted molar refractivity (Wildman–Crippen MR) is 215 cm³/mol. The number of aryl methyl sites for hydroxylation is 2. The van der Waals surface area contributed by atoms with Crippen molar-refractivity contribution in [2.45, 2.75) is 90.5 Å². The smallest absolute Gasteiger partial charge is 0.295 e. The lowest BCUT2D eigenvalue weighted by Gasteiger charge is -2.32. The zero-order valence-corrected chi connectivity index (χ0v) is 35.6. The van der Waals surface area contributed by atoms with Gasteiger partial charge in [0.25, 0.3) is 11.1 Å². The Morgan fingerprint density at radius 2 is 1.13 bits per heavy atom. The van der Waals surface area contributed by atoms with E-state index in [2.05, 4.69) is 49.3 Å². The largest absolute Gasteiger partial charge is 0.396 e. The van der Waals surface area contributed by atoms with Gasteiger partial charge in [-0.1, -0.05) is 39.3 Å². The van der Waals surface area contributed by atoms with E-state index in [9.17, 15) is 24.0 Å². The lowest BCUT2D eigenvalue weighted by molar-refractivity contribution is -0.130. The maximum Gasteiger partial charge on any atom is 0.295 e. The molecule has 2 fully saturated rings. The summed E-state index contributed by atoms with van der Waals surface area (Å²) in [5.74, 6) is 0.481. The Kier molecular flexibility index (Phi) is 17.2. The molecule has 0 atom stereocenters. The summed E-state index contributed by atoms with van der Waals surface area (Å²) in [6, 6.07) is 2.05. The number of hydrogen-bond donors (Lipinski definition) is 1. The predicted octanol–water partition coefficient (Wildman–Crippen LogP) is 1.72. The summed E-state index contributed by atoms with van der Waals surface area (Å²) >= 11 is 0. The van der Waals surface area contributed by atoms with Crippen LogP contribution in [0.1, 0.15) is 24.2 Å². The van der Waals surface area contributed by atoms with Crippen LogP contribution in [0, 0.1) is 0 Å². The van der Waals surface area contributed by atoms with Crippen molar-refractivity contribution in [1.29, 1.82) is 0 Å². The van der Waals surface area contributed by atoms with Crippen LogP contribution < -0.4 is 20.9 Å². The number of ether oxygens (including phenoxy) is 2. The lowest BCUT2D eigenvalue weighted by atomic mass is 10.2. The Bertz CT molecular complexity index is 1670. The van der Waals surface area contributed by atoms with Gasteiger partial charge in [0.15, 0.2) is 11.6 Å². The molecule has 2 aromatic heterocycles. The van der Waals surface area contributed by atoms with Crippen molar-refractivity contribution in [3.8, 4) is 0 Å². The number of aldehydes is 1. The molecule has 1 N–H and O–H groups in total. The number of rotatable bonds is 18. The van der Waals surface area contributed by atoms with Gasteiger partial charge in [0.05, 0.1) is 24.5 Å². The monoisotopic (exact) mass is 790 g/mol. The molecule has 0 saturated carbocycles. The van der Waals surface area contributed by atoms with Gasteiger partial charge in [-0.15, -0.1) is 0 Å². The lowest BCUT2D eigenvalue weighted by Crippen LogP contribution is -2.50. The van der Waals surface area contributed by atoms with E-state index in [1.807, 2.05) is 0 Å². The minimum atomic E-state index is -1.20. The second-order valence-corrected chi connectivity index (χ2v) is 27.6. The van der Waals surface area contributed by atoms with Crippen molar-refractivity contribution in [3.05, 3.63) is 44.5 Å². The molecule has 54 heavy (non-hydrogen) atoms. The van der Waals surface area contributed by atoms with Crippen LogP contribution >= 0.6 is 0 Å². The van der Waals surface area contributed by atoms with Crippen LogP contribution in [0.25, 0.3) is 0 Å². The molecule has 0 aromatic carbocycles. The molecular formula is C36H62N8O8Si2. The number of anilines is 2. The van der Waals surface area contributed by atoms with Gasteiger partial charge in [-0.3, -0.25) is 28.3 Å². The zero-order chi connectivity index (χ0) is 40.1. The summed E-state index contributed by atoms with van der Waals surface area (Å²) in [6.45, 7) is 17.8. The highest BCUT2D eigenvalue weighted by atomic mass is 28.3. The number of nitrogens with zero attached hydrogens (tertiary/aromatic N) is 8. The third kappa shape index (κ3) is 14.5. The van der Waals surface area contributed by atoms with Gasteiger partial charge in [-0.25, -0.2) is 9.97 Å². The molecule has 2 aliphatic heterocycles. The van der Waals surface area contributed by atoms with Crippen molar-refractivity contribution in [1.82, 2.24) is 28.9 Å². The number of amides is 2. The van der Waals surface area contributed by atoms with E-state index in [-0.39, 0.29) is 61.9 Å². The summed E-state index contributed by atoms with van der Waals surface area (Å²) < 4.78 is 14.5. The van der Waals surface area contributed by atoms with E-state index < -0.39 is 16.1 Å². The Hall–Kier alpha value is -3.72. The number of piperazine rings is 2. The van der Waals surface area contributed by atoms with E-state index in [0.717, 1.165) is 24.1 Å². The SMILES string of the molecule is CN1CCN(c2nc(CCC=O)cn(COCC[Si](C)(C)C)c2=O)CC1=O.CN1CCN(c2nc(CCCO)cn(COCC[Si](C)(C)C)c2=O)CC1=O. The van der Waals surface area contributed by atoms with E-state index in [0.29, 0.717) is 76.6 Å². The zero-order valence-electron chi connectivity index (χ0n) is 33.6. The molecule has 4 rings (SSSR count). The second kappa shape index (κ2) is 20.8. The highest BCUT2D eigenvalue weighted by Gasteiger charge is 2.27. The first-order valence-corrected chi connectivity index (χ1v) is 26.2. The van der Waals surface area contributed by atoms with Crippen molar-refractivity contribution >= 4 is 45.9 Å². The van der Waals surface area contributed by atoms with Crippen LogP contribution in [0.4, 0.5) is 11.6 Å². The Labute approximate surface area is 321 Å². The highest BCUT2D eigenvalue weighted by molar-refractivity contribution is 6.76. The first kappa shape index (κ1) is 44.7. The number of carbonyl (C=O) groups is 3. The van der Waals surface area contributed by atoms with E-state index in [1.54, 1.807) is 46.1 Å². The Morgan fingerprint density at radius 3 is 1.50 bits per heavy atom. The molecule has 4 heterocycles. The highest BCUT2D eigenvalue weighted by Crippen LogP contribution is 2.14. The summed E-state index contributed by atoms with van der Waals surface area (Å²) in [7, 11) is 1.11. The summed E-state index contributed by atoms with van der Waals surface area (Å²) in [5, 5.41) is 9.11. The molecule has 0 radical (unpaired) electrons. The topological polar surface area (TPSA) is 173 Å². The summed E-state index contributed by atoms with van der Waals surface area (Å²) in [4.78, 5) is 76.2. The van der Waals surface area contributed by atoms with Crippen molar-refractivity contribution in [2.75, 3.05) is 83.0 Å². The number of carbonyl (C=O) groups excluding carboxylic acids is 3. The fourth-order valence-electron chi connectivity index (χ4n) is 5.43. The van der Waals surface area contributed by atoms with E-state index in [4.69, 9.17) is 14.6 Å². The number of aromatic nitrogens is 4. The average molecular weight is 791 g/mol. The molecule has 18 heteroatoms. The molecule has 302 valence electrons. The van der Waals surface area contributed by atoms with Gasteiger partial charge in [-0.2, -0.15) is 0 Å². The van der Waals surface area contributed by atoms with E-state index >= 15 is 0 Å². The van der Waals surface area contributed by atoms with Crippen LogP contribution in [-0.4, -0.2) is 141 Å². The average Bonchev–Trinajstić information content (AvgIpc) is 3.10. The minimum absolute atomic E-state index is 0.0267. The molecule has 0 unspecified atom stereocenters. The van der Waals surface area contributed by atoms with Crippen LogP contribution in [0.3, 0.4) is 0 Å². The molecule has 2 amide bonds. The van der Waals surface area contributed by atoms with Gasteiger partial charge in [0.2, 0.25) is 11.8 Å². The minimum Gasteiger partial charge on any atom is -0.396 e. The third-order valence-corrected chi connectivity index (χ3v) is 12.5. The molecule has 0 aliphatic carbocycles. The van der Waals surface area contributed by atoms with Gasteiger partial charge in [0, 0.05) is 95.1 Å². The van der Waals surface area contributed by atoms with Gasteiger partial charge >= 0.3 is 0 Å². The van der Waals surface area contributed by atoms with Gasteiger partial charge in [0.1, 0.15) is 19.7 Å². The first-order chi connectivity index (χ1) is 25.4. The van der Waals surface area contributed by atoms with Gasteiger partial charge in [-0.05, 0) is 31.4 Å². The number of aliphatic hydroxyl groups is 1. The van der Waals surface area contributed by atoms with Crippen LogP contribution in [-0.2, 0) is 50.2 Å². The molecule has 2 aromatic rings. The quantitative estimate of drug-likeness (QED) is 0.132. The molecule has 0 spiro atoms. The Balaban J connectivity index is 0.000000290. The summed E-state index contributed by atoms with van der Waals surface area (Å²) in [5.41, 5.74) is 0.860. The number of hydrogen-bond acceptors (Lipinski definition) is 12. The number of likely N-dealkylation sites (N-methyl/N-ethyl adjacent to an activating group) is 2. The molecule has 0 bridgehead atoms. The molecule has 16 nitrogen and oxygen atoms in total. The van der Waals surface area contributed by atoms with Gasteiger partial charge < -0.3 is 39.0 Å². The standard InChI is InChI=1S/C18H32N4O4Si.C18H30N4O4Si/c2*1-20-7-8-21(13-16(20)24)17-18(25)22(12-15(19-17)6-5-9-23)14-26-10-11-27(2,3)4/h12,23H,5-11,13-14H2,1-4H3;9,12H,5-8,10-11,13-14H2,1-4H3. The van der Waals surface area contributed by atoms with Crippen LogP contribution in [0.15, 0.2) is 22.0 Å².